The Balaban J connectivity index is 1.57. The Bertz CT molecular complexity index is 1120. The Morgan fingerprint density at radius 1 is 1.19 bits per heavy atom. The second-order valence-corrected chi connectivity index (χ2v) is 7.65. The van der Waals surface area contributed by atoms with E-state index in [0.717, 1.165) is 32.0 Å². The highest BCUT2D eigenvalue weighted by Crippen LogP contribution is 2.43. The fraction of sp³-hybridized carbons (Fsp3) is 0.273. The minimum atomic E-state index is -0.368. The number of phenolic OH excluding ortho intramolecular Hbond substituents is 2. The standard InChI is InChI=1S/C22H22N4O6/c1-26-8-6-13(7-9-26)23-22(29)17-12-20(32-25-17)21-18(28)10-15(27)11-19(21)31-16-4-2-14(24-30)3-5-16/h2-5,10-13,27-28H,6-9H2,1H3,(H,23,29). The largest absolute Gasteiger partial charge is 0.508 e. The first kappa shape index (κ1) is 21.3. The van der Waals surface area contributed by atoms with E-state index in [1.165, 1.54) is 36.4 Å². The minimum Gasteiger partial charge on any atom is -0.508 e. The van der Waals surface area contributed by atoms with Crippen molar-refractivity contribution in [1.29, 1.82) is 0 Å². The predicted octanol–water partition coefficient (Wildman–Crippen LogP) is 3.77. The van der Waals surface area contributed by atoms with E-state index in [2.05, 4.69) is 20.6 Å². The lowest BCUT2D eigenvalue weighted by Gasteiger charge is -2.29. The number of hydrogen-bond acceptors (Lipinski definition) is 9. The topological polar surface area (TPSA) is 137 Å². The van der Waals surface area contributed by atoms with Gasteiger partial charge in [-0.25, -0.2) is 0 Å². The Kier molecular flexibility index (Phi) is 6.04. The van der Waals surface area contributed by atoms with Crippen molar-refractivity contribution in [1.82, 2.24) is 15.4 Å². The Labute approximate surface area is 183 Å². The van der Waals surface area contributed by atoms with Crippen molar-refractivity contribution in [3.63, 3.8) is 0 Å². The van der Waals surface area contributed by atoms with Gasteiger partial charge < -0.3 is 29.7 Å². The predicted molar refractivity (Wildman–Crippen MR) is 115 cm³/mol. The van der Waals surface area contributed by atoms with Crippen molar-refractivity contribution in [2.75, 3.05) is 20.1 Å². The number of piperidine rings is 1. The second kappa shape index (κ2) is 9.06. The van der Waals surface area contributed by atoms with Gasteiger partial charge in [-0.1, -0.05) is 5.16 Å². The molecular formula is C22H22N4O6. The van der Waals surface area contributed by atoms with Crippen LogP contribution in [0.5, 0.6) is 23.0 Å². The van der Waals surface area contributed by atoms with Crippen molar-refractivity contribution >= 4 is 11.6 Å². The molecule has 2 heterocycles. The van der Waals surface area contributed by atoms with Gasteiger partial charge in [0.25, 0.3) is 5.91 Å². The fourth-order valence-corrected chi connectivity index (χ4v) is 3.53. The zero-order valence-corrected chi connectivity index (χ0v) is 17.3. The van der Waals surface area contributed by atoms with Crippen molar-refractivity contribution in [3.8, 4) is 34.3 Å². The molecule has 3 N–H and O–H groups in total. The molecule has 1 fully saturated rings. The van der Waals surface area contributed by atoms with E-state index in [1.54, 1.807) is 0 Å². The van der Waals surface area contributed by atoms with Crippen LogP contribution in [0.15, 0.2) is 52.2 Å². The van der Waals surface area contributed by atoms with Crippen molar-refractivity contribution in [3.05, 3.63) is 53.1 Å². The third-order valence-corrected chi connectivity index (χ3v) is 5.28. The molecule has 1 saturated heterocycles. The van der Waals surface area contributed by atoms with Crippen LogP contribution >= 0.6 is 0 Å². The maximum Gasteiger partial charge on any atom is 0.273 e. The molecule has 2 aromatic carbocycles. The Morgan fingerprint density at radius 2 is 1.91 bits per heavy atom. The molecule has 10 nitrogen and oxygen atoms in total. The summed E-state index contributed by atoms with van der Waals surface area (Å²) < 4.78 is 11.1. The van der Waals surface area contributed by atoms with Gasteiger partial charge in [0.05, 0.1) is 0 Å². The summed E-state index contributed by atoms with van der Waals surface area (Å²) >= 11 is 0. The number of nitrogens with zero attached hydrogens (tertiary/aromatic N) is 3. The highest BCUT2D eigenvalue weighted by atomic mass is 16.5. The number of carbonyl (C=O) groups excluding carboxylic acids is 1. The Morgan fingerprint density at radius 3 is 2.59 bits per heavy atom. The first-order chi connectivity index (χ1) is 15.4. The number of aromatic nitrogens is 1. The number of carbonyl (C=O) groups is 1. The third kappa shape index (κ3) is 4.70. The van der Waals surface area contributed by atoms with Crippen LogP contribution < -0.4 is 10.1 Å². The first-order valence-electron chi connectivity index (χ1n) is 10.1. The number of likely N-dealkylation sites (tertiary alicyclic amines) is 1. The third-order valence-electron chi connectivity index (χ3n) is 5.28. The number of amides is 1. The normalized spacial score (nSPS) is 14.8. The quantitative estimate of drug-likeness (QED) is 0.495. The number of hydrogen-bond donors (Lipinski definition) is 3. The molecular weight excluding hydrogens is 416 g/mol. The molecule has 1 aromatic heterocycles. The van der Waals surface area contributed by atoms with E-state index in [-0.39, 0.29) is 51.9 Å². The van der Waals surface area contributed by atoms with Gasteiger partial charge in [-0.05, 0) is 62.4 Å². The number of nitrogens with one attached hydrogen (secondary N) is 1. The summed E-state index contributed by atoms with van der Waals surface area (Å²) in [5.74, 6) is -0.405. The lowest BCUT2D eigenvalue weighted by molar-refractivity contribution is 0.0908. The van der Waals surface area contributed by atoms with Gasteiger partial charge in [0.1, 0.15) is 34.2 Å². The van der Waals surface area contributed by atoms with Crippen LogP contribution in [0.4, 0.5) is 5.69 Å². The molecule has 1 aliphatic heterocycles. The lowest BCUT2D eigenvalue weighted by Crippen LogP contribution is -2.43. The number of ether oxygens (including phenoxy) is 1. The average molecular weight is 438 g/mol. The molecule has 166 valence electrons. The number of benzene rings is 2. The molecule has 0 aliphatic carbocycles. The molecule has 1 aliphatic rings. The summed E-state index contributed by atoms with van der Waals surface area (Å²) in [7, 11) is 2.04. The van der Waals surface area contributed by atoms with Crippen LogP contribution in [-0.4, -0.2) is 52.4 Å². The summed E-state index contributed by atoms with van der Waals surface area (Å²) in [5.41, 5.74) is 0.414. The van der Waals surface area contributed by atoms with Crippen molar-refractivity contribution in [2.24, 2.45) is 5.18 Å². The number of phenols is 2. The molecule has 0 spiro atoms. The van der Waals surface area contributed by atoms with Crippen LogP contribution in [0.1, 0.15) is 23.3 Å². The van der Waals surface area contributed by atoms with E-state index in [1.807, 2.05) is 7.05 Å². The number of nitroso groups, excluding NO2 is 1. The molecule has 10 heteroatoms. The molecule has 1 amide bonds. The molecule has 0 saturated carbocycles. The molecule has 3 aromatic rings. The monoisotopic (exact) mass is 438 g/mol. The SMILES string of the molecule is CN1CCC(NC(=O)c2cc(-c3c(O)cc(O)cc3Oc3ccc(N=O)cc3)on2)CC1. The molecule has 0 atom stereocenters. The maximum atomic E-state index is 12.6. The molecule has 0 bridgehead atoms. The molecule has 0 unspecified atom stereocenters. The zero-order chi connectivity index (χ0) is 22.7. The van der Waals surface area contributed by atoms with Gasteiger partial charge in [0.2, 0.25) is 0 Å². The smallest absolute Gasteiger partial charge is 0.273 e. The average Bonchev–Trinajstić information content (AvgIpc) is 3.25. The van der Waals surface area contributed by atoms with Gasteiger partial charge in [0.15, 0.2) is 11.5 Å². The van der Waals surface area contributed by atoms with Gasteiger partial charge in [-0.15, -0.1) is 4.91 Å². The van der Waals surface area contributed by atoms with Crippen molar-refractivity contribution in [2.45, 2.75) is 18.9 Å². The summed E-state index contributed by atoms with van der Waals surface area (Å²) in [6.07, 6.45) is 1.70. The maximum absolute atomic E-state index is 12.6. The summed E-state index contributed by atoms with van der Waals surface area (Å²) in [4.78, 5) is 25.4. The highest BCUT2D eigenvalue weighted by Gasteiger charge is 2.24. The van der Waals surface area contributed by atoms with Crippen LogP contribution in [0, 0.1) is 4.91 Å². The van der Waals surface area contributed by atoms with Crippen LogP contribution in [-0.2, 0) is 0 Å². The summed E-state index contributed by atoms with van der Waals surface area (Å²) in [6, 6.07) is 9.84. The second-order valence-electron chi connectivity index (χ2n) is 7.65. The van der Waals surface area contributed by atoms with Crippen molar-refractivity contribution < 1.29 is 24.3 Å². The zero-order valence-electron chi connectivity index (χ0n) is 17.3. The summed E-state index contributed by atoms with van der Waals surface area (Å²) in [6.45, 7) is 1.81. The van der Waals surface area contributed by atoms with Crippen LogP contribution in [0.25, 0.3) is 11.3 Å². The van der Waals surface area contributed by atoms with E-state index in [4.69, 9.17) is 9.26 Å². The van der Waals surface area contributed by atoms with E-state index in [0.29, 0.717) is 5.75 Å². The van der Waals surface area contributed by atoms with Crippen LogP contribution in [0.3, 0.4) is 0 Å². The summed E-state index contributed by atoms with van der Waals surface area (Å²) in [5, 5.41) is 30.0. The van der Waals surface area contributed by atoms with Gasteiger partial charge in [0, 0.05) is 24.2 Å². The van der Waals surface area contributed by atoms with E-state index >= 15 is 0 Å². The fourth-order valence-electron chi connectivity index (χ4n) is 3.53. The van der Waals surface area contributed by atoms with E-state index in [9.17, 15) is 19.9 Å². The van der Waals surface area contributed by atoms with E-state index < -0.39 is 0 Å². The molecule has 4 rings (SSSR count). The van der Waals surface area contributed by atoms with Gasteiger partial charge in [-0.3, -0.25) is 4.79 Å². The highest BCUT2D eigenvalue weighted by molar-refractivity contribution is 5.93. The van der Waals surface area contributed by atoms with Gasteiger partial charge >= 0.3 is 0 Å². The number of rotatable bonds is 6. The molecule has 0 radical (unpaired) electrons. The minimum absolute atomic E-state index is 0.0589. The lowest BCUT2D eigenvalue weighted by atomic mass is 10.1. The van der Waals surface area contributed by atoms with Gasteiger partial charge in [-0.2, -0.15) is 0 Å². The van der Waals surface area contributed by atoms with Crippen LogP contribution in [0.2, 0.25) is 0 Å². The Hall–Kier alpha value is -3.92. The molecule has 32 heavy (non-hydrogen) atoms. The number of aromatic hydroxyl groups is 2. The first-order valence-corrected chi connectivity index (χ1v) is 10.1.